The van der Waals surface area contributed by atoms with Gasteiger partial charge in [0.25, 0.3) is 0 Å². The van der Waals surface area contributed by atoms with E-state index >= 15 is 0 Å². The Morgan fingerprint density at radius 2 is 1.51 bits per heavy atom. The number of ether oxygens (including phenoxy) is 3. The van der Waals surface area contributed by atoms with Gasteiger partial charge in [-0.2, -0.15) is 0 Å². The van der Waals surface area contributed by atoms with Crippen molar-refractivity contribution in [3.63, 3.8) is 0 Å². The van der Waals surface area contributed by atoms with Crippen LogP contribution in [0.5, 0.6) is 0 Å². The second-order valence-electron chi connectivity index (χ2n) is 7.80. The molecule has 1 fully saturated rings. The fourth-order valence-electron chi connectivity index (χ4n) is 3.34. The Labute approximate surface area is 198 Å². The normalized spacial score (nSPS) is 22.3. The van der Waals surface area contributed by atoms with E-state index in [9.17, 15) is 34.5 Å². The minimum atomic E-state index is -1.59. The third kappa shape index (κ3) is 8.77. The molecular weight excluding hydrogens is 474 g/mol. The quantitative estimate of drug-likeness (QED) is 0.152. The average Bonchev–Trinajstić information content (AvgIpc) is 3.03. The van der Waals surface area contributed by atoms with Gasteiger partial charge in [0.15, 0.2) is 0 Å². The zero-order valence-electron chi connectivity index (χ0n) is 18.4. The fourth-order valence-corrected chi connectivity index (χ4v) is 3.34. The van der Waals surface area contributed by atoms with Crippen molar-refractivity contribution in [3.05, 3.63) is 34.9 Å². The van der Waals surface area contributed by atoms with Gasteiger partial charge in [0.2, 0.25) is 6.29 Å². The Morgan fingerprint density at radius 3 is 2.00 bits per heavy atom. The van der Waals surface area contributed by atoms with E-state index in [4.69, 9.17) is 29.5 Å². The second-order valence-corrected chi connectivity index (χ2v) is 7.80. The summed E-state index contributed by atoms with van der Waals surface area (Å²) in [5.41, 5.74) is 0.965. The molecule has 1 heterocycles. The summed E-state index contributed by atoms with van der Waals surface area (Å²) in [7, 11) is 0. The molecule has 2 rings (SSSR count). The summed E-state index contributed by atoms with van der Waals surface area (Å²) in [6.07, 6.45) is -8.06. The summed E-state index contributed by atoms with van der Waals surface area (Å²) in [5.74, 6) is -3.24. The van der Waals surface area contributed by atoms with E-state index < -0.39 is 74.3 Å². The number of amides is 1. The smallest absolute Gasteiger partial charge is 0.407 e. The molecule has 14 nitrogen and oxygen atoms in total. The van der Waals surface area contributed by atoms with Crippen molar-refractivity contribution in [3.8, 4) is 0 Å². The molecule has 1 amide bonds. The van der Waals surface area contributed by atoms with Crippen molar-refractivity contribution in [2.75, 3.05) is 13.2 Å². The molecule has 0 radical (unpaired) electrons. The van der Waals surface area contributed by atoms with Gasteiger partial charge in [0, 0.05) is 0 Å². The Balaban J connectivity index is 1.90. The van der Waals surface area contributed by atoms with Gasteiger partial charge in [-0.05, 0) is 16.7 Å². The van der Waals surface area contributed by atoms with Crippen LogP contribution in [0.2, 0.25) is 0 Å². The molecule has 1 unspecified atom stereocenters. The van der Waals surface area contributed by atoms with Crippen LogP contribution >= 0.6 is 0 Å². The molecule has 0 spiro atoms. The molecule has 1 aliphatic heterocycles. The van der Waals surface area contributed by atoms with E-state index in [2.05, 4.69) is 5.32 Å². The van der Waals surface area contributed by atoms with Crippen LogP contribution in [0.3, 0.4) is 0 Å². The van der Waals surface area contributed by atoms with Gasteiger partial charge in [-0.15, -0.1) is 0 Å². The fraction of sp³-hybridized carbons (Fsp3) is 0.524. The lowest BCUT2D eigenvalue weighted by atomic mass is 10.0. The van der Waals surface area contributed by atoms with E-state index in [0.717, 1.165) is 0 Å². The summed E-state index contributed by atoms with van der Waals surface area (Å²) in [4.78, 5) is 46.1. The zero-order chi connectivity index (χ0) is 26.1. The van der Waals surface area contributed by atoms with Gasteiger partial charge in [-0.3, -0.25) is 14.4 Å². The number of hydrogen-bond donors (Lipinski definition) is 7. The summed E-state index contributed by atoms with van der Waals surface area (Å²) in [6.45, 7) is -1.65. The van der Waals surface area contributed by atoms with Crippen molar-refractivity contribution in [2.24, 2.45) is 0 Å². The highest BCUT2D eigenvalue weighted by Gasteiger charge is 2.44. The number of rotatable bonds is 12. The number of carboxylic acid groups (broad SMARTS) is 2. The van der Waals surface area contributed by atoms with E-state index in [1.165, 1.54) is 18.2 Å². The Kier molecular flexibility index (Phi) is 10.4. The van der Waals surface area contributed by atoms with Crippen LogP contribution in [0.1, 0.15) is 23.1 Å². The van der Waals surface area contributed by atoms with E-state index in [-0.39, 0.29) is 19.4 Å². The van der Waals surface area contributed by atoms with Crippen LogP contribution in [0.25, 0.3) is 0 Å². The molecule has 194 valence electrons. The minimum Gasteiger partial charge on any atom is -0.481 e. The predicted molar refractivity (Wildman–Crippen MR) is 112 cm³/mol. The van der Waals surface area contributed by atoms with E-state index in [0.29, 0.717) is 16.7 Å². The molecule has 0 bridgehead atoms. The third-order valence-electron chi connectivity index (χ3n) is 4.89. The molecule has 35 heavy (non-hydrogen) atoms. The molecule has 7 N–H and O–H groups in total. The lowest BCUT2D eigenvalue weighted by Gasteiger charge is -2.19. The number of nitrogens with one attached hydrogen (secondary N) is 1. The van der Waals surface area contributed by atoms with Gasteiger partial charge in [-0.1, -0.05) is 18.2 Å². The number of benzene rings is 1. The van der Waals surface area contributed by atoms with Crippen molar-refractivity contribution in [1.29, 1.82) is 0 Å². The molecule has 1 aliphatic rings. The molecule has 0 aliphatic carbocycles. The number of carboxylic acids is 2. The SMILES string of the molecule is O=C(O)Cc1cc(COC(=O)NC(CO)CC(=O)O[C@@H]2O[C@H](CO)[C@@H](O)[C@H]2O)cc(CC(=O)O)c1. The predicted octanol–water partition coefficient (Wildman–Crippen LogP) is -2.10. The van der Waals surface area contributed by atoms with Crippen LogP contribution in [0.15, 0.2) is 18.2 Å². The Morgan fingerprint density at radius 1 is 0.943 bits per heavy atom. The standard InChI is InChI=1S/C21H27NO13/c23-7-13(6-17(29)35-20-19(31)18(30)14(8-24)34-20)22-21(32)33-9-12-2-10(4-15(25)26)1-11(3-12)5-16(27)28/h1-3,13-14,18-20,23-24,30-31H,4-9H2,(H,22,32)(H,25,26)(H,27,28)/t13?,14-,18-,19-,20+/m1/s1. The second kappa shape index (κ2) is 13.0. The number of esters is 1. The van der Waals surface area contributed by atoms with Crippen LogP contribution < -0.4 is 5.32 Å². The van der Waals surface area contributed by atoms with Crippen molar-refractivity contribution in [2.45, 2.75) is 56.5 Å². The van der Waals surface area contributed by atoms with E-state index in [1.54, 1.807) is 0 Å². The number of hydrogen-bond acceptors (Lipinski definition) is 11. The van der Waals surface area contributed by atoms with Gasteiger partial charge < -0.3 is 50.2 Å². The summed E-state index contributed by atoms with van der Waals surface area (Å²) < 4.78 is 14.9. The van der Waals surface area contributed by atoms with Gasteiger partial charge in [0.05, 0.1) is 38.5 Å². The number of carbonyl (C=O) groups is 4. The lowest BCUT2D eigenvalue weighted by molar-refractivity contribution is -0.190. The first-order valence-electron chi connectivity index (χ1n) is 10.4. The topological polar surface area (TPSA) is 229 Å². The maximum atomic E-state index is 12.1. The molecule has 1 saturated heterocycles. The van der Waals surface area contributed by atoms with Crippen LogP contribution in [0.4, 0.5) is 4.79 Å². The van der Waals surface area contributed by atoms with Crippen molar-refractivity contribution < 1.29 is 64.0 Å². The lowest BCUT2D eigenvalue weighted by Crippen LogP contribution is -2.41. The highest BCUT2D eigenvalue weighted by Crippen LogP contribution is 2.22. The third-order valence-corrected chi connectivity index (χ3v) is 4.89. The number of aliphatic hydroxyl groups excluding tert-OH is 4. The molecule has 5 atom stereocenters. The largest absolute Gasteiger partial charge is 0.481 e. The highest BCUT2D eigenvalue weighted by molar-refractivity contribution is 5.73. The summed E-state index contributed by atoms with van der Waals surface area (Å²) in [5, 5.41) is 58.1. The van der Waals surface area contributed by atoms with Gasteiger partial charge in [0.1, 0.15) is 24.9 Å². The number of alkyl carbamates (subject to hydrolysis) is 1. The van der Waals surface area contributed by atoms with Crippen LogP contribution in [0, 0.1) is 0 Å². The first kappa shape index (κ1) is 27.9. The minimum absolute atomic E-state index is 0.316. The molecular formula is C21H27NO13. The van der Waals surface area contributed by atoms with Crippen LogP contribution in [-0.4, -0.2) is 98.5 Å². The number of aliphatic carboxylic acids is 2. The summed E-state index contributed by atoms with van der Waals surface area (Å²) >= 11 is 0. The molecule has 1 aromatic rings. The number of aliphatic hydroxyl groups is 4. The maximum absolute atomic E-state index is 12.1. The van der Waals surface area contributed by atoms with Crippen molar-refractivity contribution >= 4 is 24.0 Å². The van der Waals surface area contributed by atoms with E-state index in [1.807, 2.05) is 0 Å². The van der Waals surface area contributed by atoms with Gasteiger partial charge in [-0.25, -0.2) is 4.79 Å². The van der Waals surface area contributed by atoms with Crippen LogP contribution in [-0.2, 0) is 48.0 Å². The average molecular weight is 501 g/mol. The Hall–Kier alpha value is -3.30. The zero-order valence-corrected chi connectivity index (χ0v) is 18.4. The Bertz CT molecular complexity index is 886. The first-order chi connectivity index (χ1) is 16.5. The maximum Gasteiger partial charge on any atom is 0.407 e. The summed E-state index contributed by atoms with van der Waals surface area (Å²) in [6, 6.07) is 3.16. The molecule has 14 heteroatoms. The van der Waals surface area contributed by atoms with Crippen molar-refractivity contribution in [1.82, 2.24) is 5.32 Å². The molecule has 0 aromatic heterocycles. The molecule has 1 aromatic carbocycles. The van der Waals surface area contributed by atoms with Gasteiger partial charge >= 0.3 is 24.0 Å². The number of carbonyl (C=O) groups excluding carboxylic acids is 2. The molecule has 0 saturated carbocycles. The monoisotopic (exact) mass is 501 g/mol. The first-order valence-corrected chi connectivity index (χ1v) is 10.4. The highest BCUT2D eigenvalue weighted by atomic mass is 16.7.